The summed E-state index contributed by atoms with van der Waals surface area (Å²) in [7, 11) is 0. The topological polar surface area (TPSA) is 14.2 Å². The van der Waals surface area contributed by atoms with Crippen LogP contribution < -0.4 is 4.74 Å². The van der Waals surface area contributed by atoms with Crippen LogP contribution >= 0.6 is 0 Å². The molecule has 0 bridgehead atoms. The highest BCUT2D eigenvalue weighted by molar-refractivity contribution is 5.82. The van der Waals surface area contributed by atoms with Gasteiger partial charge < -0.3 is 9.30 Å². The Kier molecular flexibility index (Phi) is 3.70. The van der Waals surface area contributed by atoms with Crippen molar-refractivity contribution in [1.29, 1.82) is 0 Å². The lowest BCUT2D eigenvalue weighted by molar-refractivity contribution is 0.294. The van der Waals surface area contributed by atoms with Gasteiger partial charge in [-0.15, -0.1) is 0 Å². The molecule has 0 unspecified atom stereocenters. The van der Waals surface area contributed by atoms with E-state index in [1.807, 2.05) is 18.2 Å². The summed E-state index contributed by atoms with van der Waals surface area (Å²) in [6, 6.07) is 17.0. The molecule has 0 fully saturated rings. The Morgan fingerprint density at radius 3 is 2.57 bits per heavy atom. The number of fused-ring (bicyclic) bond motifs is 1. The molecular formula is C19H21NO. The van der Waals surface area contributed by atoms with Gasteiger partial charge >= 0.3 is 0 Å². The number of hydrogen-bond donors (Lipinski definition) is 0. The smallest absolute Gasteiger partial charge is 0.128 e. The van der Waals surface area contributed by atoms with Gasteiger partial charge in [-0.05, 0) is 50.6 Å². The maximum absolute atomic E-state index is 6.00. The molecule has 0 N–H and O–H groups in total. The molecule has 21 heavy (non-hydrogen) atoms. The highest BCUT2D eigenvalue weighted by atomic mass is 16.5. The molecule has 0 amide bonds. The first kappa shape index (κ1) is 13.7. The molecule has 0 aliphatic carbocycles. The van der Waals surface area contributed by atoms with E-state index >= 15 is 0 Å². The van der Waals surface area contributed by atoms with Crippen molar-refractivity contribution in [3.05, 3.63) is 65.4 Å². The summed E-state index contributed by atoms with van der Waals surface area (Å²) in [5, 5.41) is 1.29. The fourth-order valence-corrected chi connectivity index (χ4v) is 2.81. The number of aryl methyl sites for hydroxylation is 3. The maximum Gasteiger partial charge on any atom is 0.128 e. The Hall–Kier alpha value is -2.22. The maximum atomic E-state index is 6.00. The zero-order chi connectivity index (χ0) is 14.8. The fraction of sp³-hybridized carbons (Fsp3) is 0.263. The average molecular weight is 279 g/mol. The van der Waals surface area contributed by atoms with Gasteiger partial charge in [0, 0.05) is 17.4 Å². The summed E-state index contributed by atoms with van der Waals surface area (Å²) in [5.74, 6) is 0.960. The molecule has 1 aromatic heterocycles. The van der Waals surface area contributed by atoms with E-state index < -0.39 is 0 Å². The number of para-hydroxylation sites is 1. The predicted octanol–water partition coefficient (Wildman–Crippen LogP) is 4.86. The third kappa shape index (κ3) is 2.66. The minimum absolute atomic E-state index is 0.604. The number of ether oxygens (including phenoxy) is 1. The lowest BCUT2D eigenvalue weighted by Crippen LogP contribution is -2.05. The third-order valence-corrected chi connectivity index (χ3v) is 3.93. The fourth-order valence-electron chi connectivity index (χ4n) is 2.81. The normalized spacial score (nSPS) is 11.0. The summed E-state index contributed by atoms with van der Waals surface area (Å²) in [5.41, 5.74) is 4.97. The third-order valence-electron chi connectivity index (χ3n) is 3.93. The van der Waals surface area contributed by atoms with E-state index in [9.17, 15) is 0 Å². The van der Waals surface area contributed by atoms with E-state index in [4.69, 9.17) is 4.74 Å². The van der Waals surface area contributed by atoms with E-state index in [1.165, 1.54) is 27.7 Å². The van der Waals surface area contributed by atoms with Gasteiger partial charge in [-0.1, -0.05) is 29.8 Å². The lowest BCUT2D eigenvalue weighted by atomic mass is 10.2. The van der Waals surface area contributed by atoms with E-state index in [1.54, 1.807) is 0 Å². The first-order chi connectivity index (χ1) is 10.2. The quantitative estimate of drug-likeness (QED) is 0.665. The molecule has 2 nitrogen and oxygen atoms in total. The summed E-state index contributed by atoms with van der Waals surface area (Å²) in [6.45, 7) is 7.95. The molecule has 1 heterocycles. The van der Waals surface area contributed by atoms with Crippen LogP contribution in [0.4, 0.5) is 0 Å². The van der Waals surface area contributed by atoms with Crippen molar-refractivity contribution in [2.75, 3.05) is 0 Å². The number of hydrogen-bond acceptors (Lipinski definition) is 1. The van der Waals surface area contributed by atoms with Gasteiger partial charge in [0.2, 0.25) is 0 Å². The van der Waals surface area contributed by atoms with Gasteiger partial charge in [0.1, 0.15) is 12.4 Å². The zero-order valence-corrected chi connectivity index (χ0v) is 12.9. The van der Waals surface area contributed by atoms with Crippen LogP contribution in [0, 0.1) is 13.8 Å². The van der Waals surface area contributed by atoms with Gasteiger partial charge in [-0.2, -0.15) is 0 Å². The van der Waals surface area contributed by atoms with Crippen molar-refractivity contribution in [1.82, 2.24) is 4.57 Å². The lowest BCUT2D eigenvalue weighted by Gasteiger charge is -2.11. The molecule has 0 atom stereocenters. The summed E-state index contributed by atoms with van der Waals surface area (Å²) < 4.78 is 8.33. The first-order valence-electron chi connectivity index (χ1n) is 7.46. The molecule has 0 spiro atoms. The minimum atomic E-state index is 0.604. The predicted molar refractivity (Wildman–Crippen MR) is 87.9 cm³/mol. The van der Waals surface area contributed by atoms with E-state index in [0.717, 1.165) is 12.3 Å². The summed E-state index contributed by atoms with van der Waals surface area (Å²) >= 11 is 0. The molecule has 108 valence electrons. The summed E-state index contributed by atoms with van der Waals surface area (Å²) in [4.78, 5) is 0. The van der Waals surface area contributed by atoms with Crippen LogP contribution in [0.2, 0.25) is 0 Å². The Balaban J connectivity index is 1.92. The van der Waals surface area contributed by atoms with E-state index in [0.29, 0.717) is 6.61 Å². The minimum Gasteiger partial charge on any atom is -0.487 e. The number of aromatic nitrogens is 1. The van der Waals surface area contributed by atoms with Crippen LogP contribution in [0.1, 0.15) is 23.7 Å². The number of benzene rings is 2. The van der Waals surface area contributed by atoms with Crippen molar-refractivity contribution in [3.63, 3.8) is 0 Å². The Morgan fingerprint density at radius 2 is 1.81 bits per heavy atom. The second kappa shape index (κ2) is 5.65. The largest absolute Gasteiger partial charge is 0.487 e. The molecule has 0 saturated heterocycles. The van der Waals surface area contributed by atoms with Crippen molar-refractivity contribution < 1.29 is 4.74 Å². The molecule has 2 heteroatoms. The van der Waals surface area contributed by atoms with Crippen LogP contribution in [0.25, 0.3) is 10.9 Å². The molecular weight excluding hydrogens is 258 g/mol. The highest BCUT2D eigenvalue weighted by Gasteiger charge is 2.09. The molecule has 0 radical (unpaired) electrons. The molecule has 0 aliphatic heterocycles. The average Bonchev–Trinajstić information content (AvgIpc) is 2.82. The van der Waals surface area contributed by atoms with E-state index in [2.05, 4.69) is 55.7 Å². The zero-order valence-electron chi connectivity index (χ0n) is 12.9. The SMILES string of the molecule is CCn1c(COc2ccccc2C)cc2cc(C)ccc21. The number of nitrogens with zero attached hydrogens (tertiary/aromatic N) is 1. The van der Waals surface area contributed by atoms with Gasteiger partial charge in [-0.25, -0.2) is 0 Å². The first-order valence-corrected chi connectivity index (χ1v) is 7.46. The van der Waals surface area contributed by atoms with Gasteiger partial charge in [0.05, 0.1) is 5.69 Å². The summed E-state index contributed by atoms with van der Waals surface area (Å²) in [6.07, 6.45) is 0. The second-order valence-corrected chi connectivity index (χ2v) is 5.50. The van der Waals surface area contributed by atoms with Crippen molar-refractivity contribution in [2.45, 2.75) is 33.9 Å². The van der Waals surface area contributed by atoms with Crippen LogP contribution in [0.3, 0.4) is 0 Å². The van der Waals surface area contributed by atoms with Crippen LogP contribution in [-0.4, -0.2) is 4.57 Å². The van der Waals surface area contributed by atoms with Crippen LogP contribution in [0.5, 0.6) is 5.75 Å². The monoisotopic (exact) mass is 279 g/mol. The van der Waals surface area contributed by atoms with Gasteiger partial charge in [0.15, 0.2) is 0 Å². The Labute approximate surface area is 126 Å². The Bertz CT molecular complexity index is 770. The van der Waals surface area contributed by atoms with Crippen LogP contribution in [0.15, 0.2) is 48.5 Å². The molecule has 0 saturated carbocycles. The van der Waals surface area contributed by atoms with Crippen molar-refractivity contribution in [2.24, 2.45) is 0 Å². The van der Waals surface area contributed by atoms with E-state index in [-0.39, 0.29) is 0 Å². The van der Waals surface area contributed by atoms with Gasteiger partial charge in [0.25, 0.3) is 0 Å². The van der Waals surface area contributed by atoms with Crippen LogP contribution in [-0.2, 0) is 13.2 Å². The molecule has 3 rings (SSSR count). The van der Waals surface area contributed by atoms with Gasteiger partial charge in [-0.3, -0.25) is 0 Å². The van der Waals surface area contributed by atoms with Crippen molar-refractivity contribution >= 4 is 10.9 Å². The van der Waals surface area contributed by atoms with Crippen molar-refractivity contribution in [3.8, 4) is 5.75 Å². The molecule has 0 aliphatic rings. The Morgan fingerprint density at radius 1 is 1.00 bits per heavy atom. The second-order valence-electron chi connectivity index (χ2n) is 5.50. The standard InChI is InChI=1S/C19H21NO/c1-4-20-17(12-16-11-14(2)9-10-18(16)20)13-21-19-8-6-5-7-15(19)3/h5-12H,4,13H2,1-3H3. The molecule has 2 aromatic carbocycles. The highest BCUT2D eigenvalue weighted by Crippen LogP contribution is 2.23. The molecule has 3 aromatic rings. The number of rotatable bonds is 4.